The molecular weight excluding hydrogens is 366 g/mol. The highest BCUT2D eigenvalue weighted by molar-refractivity contribution is 6.30. The highest BCUT2D eigenvalue weighted by Crippen LogP contribution is 2.25. The van der Waals surface area contributed by atoms with Crippen LogP contribution in [-0.4, -0.2) is 40.1 Å². The van der Waals surface area contributed by atoms with Crippen molar-refractivity contribution in [1.29, 1.82) is 0 Å². The molecule has 7 heteroatoms. The van der Waals surface area contributed by atoms with Gasteiger partial charge in [0.2, 0.25) is 0 Å². The zero-order valence-corrected chi connectivity index (χ0v) is 15.5. The number of imidazole rings is 1. The molecule has 3 aromatic rings. The number of ether oxygens (including phenoxy) is 1. The number of fused-ring (bicyclic) bond motifs is 1. The molecule has 1 aliphatic heterocycles. The van der Waals surface area contributed by atoms with Crippen molar-refractivity contribution in [2.75, 3.05) is 19.7 Å². The van der Waals surface area contributed by atoms with E-state index in [2.05, 4.69) is 4.98 Å². The summed E-state index contributed by atoms with van der Waals surface area (Å²) in [5, 5.41) is 0.628. The summed E-state index contributed by atoms with van der Waals surface area (Å²) in [6.07, 6.45) is 1.49. The van der Waals surface area contributed by atoms with E-state index in [0.717, 1.165) is 23.9 Å². The molecule has 27 heavy (non-hydrogen) atoms. The van der Waals surface area contributed by atoms with Crippen molar-refractivity contribution in [1.82, 2.24) is 14.5 Å². The van der Waals surface area contributed by atoms with E-state index < -0.39 is 0 Å². The smallest absolute Gasteiger partial charge is 0.326 e. The van der Waals surface area contributed by atoms with Gasteiger partial charge >= 0.3 is 5.69 Å². The molecule has 1 saturated heterocycles. The molecule has 0 radical (unpaired) electrons. The summed E-state index contributed by atoms with van der Waals surface area (Å²) in [5.74, 6) is 0.572. The number of carbonyl (C=O) groups excluding carboxylic acids is 1. The van der Waals surface area contributed by atoms with Crippen LogP contribution in [0.1, 0.15) is 18.9 Å². The summed E-state index contributed by atoms with van der Waals surface area (Å²) in [6.45, 7) is 1.22. The van der Waals surface area contributed by atoms with Crippen LogP contribution in [0.15, 0.2) is 53.3 Å². The molecule has 2 heterocycles. The number of halogens is 1. The Kier molecular flexibility index (Phi) is 4.90. The molecule has 0 saturated carbocycles. The van der Waals surface area contributed by atoms with Crippen LogP contribution in [0.5, 0.6) is 5.75 Å². The minimum atomic E-state index is -0.0907. The van der Waals surface area contributed by atoms with E-state index in [1.807, 2.05) is 28.8 Å². The van der Waals surface area contributed by atoms with Gasteiger partial charge < -0.3 is 14.6 Å². The summed E-state index contributed by atoms with van der Waals surface area (Å²) in [6, 6.07) is 14.7. The number of hydrogen-bond acceptors (Lipinski definition) is 3. The van der Waals surface area contributed by atoms with Crippen molar-refractivity contribution < 1.29 is 9.53 Å². The van der Waals surface area contributed by atoms with Gasteiger partial charge in [-0.2, -0.15) is 0 Å². The Morgan fingerprint density at radius 3 is 2.56 bits per heavy atom. The van der Waals surface area contributed by atoms with Crippen LogP contribution in [0.4, 0.5) is 0 Å². The Morgan fingerprint density at radius 1 is 1.11 bits per heavy atom. The van der Waals surface area contributed by atoms with Crippen LogP contribution in [0, 0.1) is 0 Å². The SMILES string of the molecule is O=C(COc1ccc(Cl)cc1)N1CCC(n2c(=O)[nH]c3ccccc32)CC1. The maximum Gasteiger partial charge on any atom is 0.326 e. The molecule has 2 aromatic carbocycles. The fraction of sp³-hybridized carbons (Fsp3) is 0.300. The van der Waals surface area contributed by atoms with Crippen LogP contribution in [-0.2, 0) is 4.79 Å². The van der Waals surface area contributed by atoms with E-state index >= 15 is 0 Å². The van der Waals surface area contributed by atoms with Gasteiger partial charge in [-0.3, -0.25) is 9.36 Å². The molecule has 1 aliphatic rings. The van der Waals surface area contributed by atoms with Gasteiger partial charge in [0, 0.05) is 24.2 Å². The van der Waals surface area contributed by atoms with Crippen molar-refractivity contribution in [3.63, 3.8) is 0 Å². The van der Waals surface area contributed by atoms with Crippen LogP contribution in [0.25, 0.3) is 11.0 Å². The van der Waals surface area contributed by atoms with E-state index in [4.69, 9.17) is 16.3 Å². The summed E-state index contributed by atoms with van der Waals surface area (Å²) < 4.78 is 7.36. The van der Waals surface area contributed by atoms with Gasteiger partial charge in [-0.05, 0) is 49.2 Å². The zero-order chi connectivity index (χ0) is 18.8. The predicted octanol–water partition coefficient (Wildman–Crippen LogP) is 3.23. The fourth-order valence-corrected chi connectivity index (χ4v) is 3.70. The summed E-state index contributed by atoms with van der Waals surface area (Å²) in [4.78, 5) is 29.4. The van der Waals surface area contributed by atoms with Gasteiger partial charge in [0.05, 0.1) is 11.0 Å². The molecule has 0 atom stereocenters. The van der Waals surface area contributed by atoms with Crippen molar-refractivity contribution in [3.05, 3.63) is 64.0 Å². The average molecular weight is 386 g/mol. The number of nitrogens with one attached hydrogen (secondary N) is 1. The highest BCUT2D eigenvalue weighted by Gasteiger charge is 2.26. The van der Waals surface area contributed by atoms with Gasteiger partial charge in [0.1, 0.15) is 5.75 Å². The first-order valence-electron chi connectivity index (χ1n) is 8.97. The maximum atomic E-state index is 12.4. The van der Waals surface area contributed by atoms with Gasteiger partial charge in [0.15, 0.2) is 6.61 Å². The number of aromatic amines is 1. The number of hydrogen-bond donors (Lipinski definition) is 1. The van der Waals surface area contributed by atoms with Crippen LogP contribution < -0.4 is 10.4 Å². The number of aromatic nitrogens is 2. The number of nitrogens with zero attached hydrogens (tertiary/aromatic N) is 2. The summed E-state index contributed by atoms with van der Waals surface area (Å²) >= 11 is 5.84. The zero-order valence-electron chi connectivity index (χ0n) is 14.7. The van der Waals surface area contributed by atoms with Crippen molar-refractivity contribution >= 4 is 28.5 Å². The average Bonchev–Trinajstić information content (AvgIpc) is 3.03. The van der Waals surface area contributed by atoms with E-state index in [1.54, 1.807) is 29.2 Å². The lowest BCUT2D eigenvalue weighted by molar-refractivity contribution is -0.134. The standard InChI is InChI=1S/C20H20ClN3O3/c21-14-5-7-16(8-6-14)27-13-19(25)23-11-9-15(10-12-23)24-18-4-2-1-3-17(18)22-20(24)26/h1-8,15H,9-13H2,(H,22,26). The third-order valence-corrected chi connectivity index (χ3v) is 5.23. The molecule has 1 amide bonds. The number of para-hydroxylation sites is 2. The molecule has 140 valence electrons. The Labute approximate surface area is 161 Å². The van der Waals surface area contributed by atoms with Gasteiger partial charge in [0.25, 0.3) is 5.91 Å². The molecule has 0 spiro atoms. The highest BCUT2D eigenvalue weighted by atomic mass is 35.5. The lowest BCUT2D eigenvalue weighted by Gasteiger charge is -2.32. The van der Waals surface area contributed by atoms with E-state index in [0.29, 0.717) is 23.9 Å². The summed E-state index contributed by atoms with van der Waals surface area (Å²) in [7, 11) is 0. The number of likely N-dealkylation sites (tertiary alicyclic amines) is 1. The first-order chi connectivity index (χ1) is 13.1. The summed E-state index contributed by atoms with van der Waals surface area (Å²) in [5.41, 5.74) is 1.67. The topological polar surface area (TPSA) is 67.3 Å². The molecule has 6 nitrogen and oxygen atoms in total. The van der Waals surface area contributed by atoms with Crippen molar-refractivity contribution in [3.8, 4) is 5.75 Å². The first kappa shape index (κ1) is 17.7. The van der Waals surface area contributed by atoms with Gasteiger partial charge in [-0.25, -0.2) is 4.79 Å². The lowest BCUT2D eigenvalue weighted by atomic mass is 10.0. The van der Waals surface area contributed by atoms with E-state index in [-0.39, 0.29) is 24.2 Å². The largest absolute Gasteiger partial charge is 0.484 e. The number of H-pyrrole nitrogens is 1. The van der Waals surface area contributed by atoms with Crippen LogP contribution in [0.3, 0.4) is 0 Å². The lowest BCUT2D eigenvalue weighted by Crippen LogP contribution is -2.42. The van der Waals surface area contributed by atoms with Gasteiger partial charge in [-0.15, -0.1) is 0 Å². The second-order valence-corrected chi connectivity index (χ2v) is 7.11. The number of carbonyl (C=O) groups is 1. The second-order valence-electron chi connectivity index (χ2n) is 6.67. The van der Waals surface area contributed by atoms with Crippen LogP contribution in [0.2, 0.25) is 5.02 Å². The molecule has 1 N–H and O–H groups in total. The van der Waals surface area contributed by atoms with E-state index in [1.165, 1.54) is 0 Å². The third kappa shape index (κ3) is 3.71. The number of benzene rings is 2. The molecule has 0 bridgehead atoms. The Hall–Kier alpha value is -2.73. The van der Waals surface area contributed by atoms with Crippen molar-refractivity contribution in [2.24, 2.45) is 0 Å². The first-order valence-corrected chi connectivity index (χ1v) is 9.35. The maximum absolute atomic E-state index is 12.4. The normalized spacial score (nSPS) is 15.2. The predicted molar refractivity (Wildman–Crippen MR) is 104 cm³/mol. The third-order valence-electron chi connectivity index (χ3n) is 4.98. The van der Waals surface area contributed by atoms with Crippen LogP contribution >= 0.6 is 11.6 Å². The van der Waals surface area contributed by atoms with E-state index in [9.17, 15) is 9.59 Å². The number of piperidine rings is 1. The Morgan fingerprint density at radius 2 is 1.81 bits per heavy atom. The Balaban J connectivity index is 1.37. The monoisotopic (exact) mass is 385 g/mol. The minimum absolute atomic E-state index is 0.000662. The molecule has 0 aliphatic carbocycles. The van der Waals surface area contributed by atoms with Gasteiger partial charge in [-0.1, -0.05) is 23.7 Å². The number of rotatable bonds is 4. The number of amides is 1. The molecular formula is C20H20ClN3O3. The quantitative estimate of drug-likeness (QED) is 0.749. The molecule has 0 unspecified atom stereocenters. The van der Waals surface area contributed by atoms with Crippen molar-refractivity contribution in [2.45, 2.75) is 18.9 Å². The molecule has 4 rings (SSSR count). The fourth-order valence-electron chi connectivity index (χ4n) is 3.58. The minimum Gasteiger partial charge on any atom is -0.484 e. The second kappa shape index (κ2) is 7.48. The molecule has 1 aromatic heterocycles. The molecule has 1 fully saturated rings. The Bertz CT molecular complexity index is 1000.